The van der Waals surface area contributed by atoms with Crippen LogP contribution in [0.25, 0.3) is 11.0 Å². The van der Waals surface area contributed by atoms with Crippen molar-refractivity contribution in [2.75, 3.05) is 20.2 Å². The number of amides is 2. The molecule has 3 rings (SSSR count). The normalized spacial score (nSPS) is 22.0. The van der Waals surface area contributed by atoms with Crippen molar-refractivity contribution in [3.8, 4) is 5.75 Å². The van der Waals surface area contributed by atoms with Gasteiger partial charge in [0.1, 0.15) is 29.1 Å². The van der Waals surface area contributed by atoms with Gasteiger partial charge in [0.25, 0.3) is 0 Å². The minimum absolute atomic E-state index is 0.0378. The summed E-state index contributed by atoms with van der Waals surface area (Å²) in [6.45, 7) is 5.93. The van der Waals surface area contributed by atoms with Gasteiger partial charge < -0.3 is 44.2 Å². The van der Waals surface area contributed by atoms with E-state index in [9.17, 15) is 37.8 Å². The summed E-state index contributed by atoms with van der Waals surface area (Å²) >= 11 is 0. The van der Waals surface area contributed by atoms with Crippen molar-refractivity contribution in [2.24, 2.45) is 0 Å². The Labute approximate surface area is 257 Å². The summed E-state index contributed by atoms with van der Waals surface area (Å²) in [5.74, 6) is -1.64. The number of carbonyl (C=O) groups excluding carboxylic acids is 3. The fourth-order valence-electron chi connectivity index (χ4n) is 4.27. The first-order chi connectivity index (χ1) is 21.0. The fraction of sp³-hybridized carbons (Fsp3) is 0.556. The van der Waals surface area contributed by atoms with Crippen LogP contribution in [0.4, 0.5) is 4.79 Å². The van der Waals surface area contributed by atoms with Gasteiger partial charge in [-0.25, -0.2) is 18.6 Å². The quantitative estimate of drug-likeness (QED) is 0.0866. The van der Waals surface area contributed by atoms with E-state index < -0.39 is 64.4 Å². The van der Waals surface area contributed by atoms with Crippen molar-refractivity contribution < 1.29 is 65.1 Å². The highest BCUT2D eigenvalue weighted by atomic mass is 32.3. The average Bonchev–Trinajstić information content (AvgIpc) is 2.92. The largest absolute Gasteiger partial charge is 0.467 e. The molecule has 1 fully saturated rings. The minimum Gasteiger partial charge on any atom is -0.467 e. The van der Waals surface area contributed by atoms with Gasteiger partial charge >= 0.3 is 28.1 Å². The van der Waals surface area contributed by atoms with Crippen molar-refractivity contribution >= 4 is 39.3 Å². The Bertz CT molecular complexity index is 1530. The van der Waals surface area contributed by atoms with Gasteiger partial charge in [-0.1, -0.05) is 0 Å². The number of esters is 1. The highest BCUT2D eigenvalue weighted by molar-refractivity contribution is 7.80. The molecule has 0 bridgehead atoms. The molecule has 5 N–H and O–H groups in total. The number of fused-ring (bicyclic) bond motifs is 1. The number of carbonyl (C=O) groups is 3. The number of nitrogens with one attached hydrogen (secondary N) is 2. The SMILES string of the molecule is COC(=O)[C@H]1OC(Oc2ccc3c(CC(=O)NCCCCNC(=O)OC(C)(C)C)cc(=O)oc3c2)[C@H](OS(=O)(=O)O)[C@@H](O)[C@@H]1O. The summed E-state index contributed by atoms with van der Waals surface area (Å²) in [6.07, 6.45) is -9.44. The van der Waals surface area contributed by atoms with E-state index in [0.29, 0.717) is 36.9 Å². The number of hydrogen-bond acceptors (Lipinski definition) is 14. The van der Waals surface area contributed by atoms with E-state index in [4.69, 9.17) is 23.2 Å². The van der Waals surface area contributed by atoms with E-state index in [1.807, 2.05) is 0 Å². The van der Waals surface area contributed by atoms with Crippen LogP contribution in [-0.4, -0.2) is 97.7 Å². The zero-order valence-electron chi connectivity index (χ0n) is 24.9. The predicted octanol–water partition coefficient (Wildman–Crippen LogP) is -0.0569. The van der Waals surface area contributed by atoms with Crippen LogP contribution >= 0.6 is 0 Å². The number of benzene rings is 1. The summed E-state index contributed by atoms with van der Waals surface area (Å²) in [5.41, 5.74) is -1.11. The lowest BCUT2D eigenvalue weighted by Crippen LogP contribution is -2.62. The summed E-state index contributed by atoms with van der Waals surface area (Å²) in [5, 5.41) is 26.4. The lowest BCUT2D eigenvalue weighted by molar-refractivity contribution is -0.266. The molecular formula is C27H36N2O15S. The number of ether oxygens (including phenoxy) is 4. The summed E-state index contributed by atoms with van der Waals surface area (Å²) in [6, 6.07) is 5.11. The van der Waals surface area contributed by atoms with Gasteiger partial charge in [-0.2, -0.15) is 8.42 Å². The third kappa shape index (κ3) is 10.6. The minimum atomic E-state index is -5.19. The molecule has 0 spiro atoms. The molecular weight excluding hydrogens is 624 g/mol. The third-order valence-corrected chi connectivity index (χ3v) is 6.68. The topological polar surface area (TPSA) is 246 Å². The maximum atomic E-state index is 12.6. The van der Waals surface area contributed by atoms with Crippen LogP contribution in [0.2, 0.25) is 0 Å². The Morgan fingerprint density at radius 1 is 1.02 bits per heavy atom. The van der Waals surface area contributed by atoms with Crippen LogP contribution in [0, 0.1) is 0 Å². The molecule has 0 saturated carbocycles. The Kier molecular flexibility index (Phi) is 11.9. The van der Waals surface area contributed by atoms with Crippen LogP contribution in [0.15, 0.2) is 33.5 Å². The average molecular weight is 661 g/mol. The second kappa shape index (κ2) is 15.0. The van der Waals surface area contributed by atoms with Gasteiger partial charge in [0.05, 0.1) is 13.5 Å². The van der Waals surface area contributed by atoms with E-state index >= 15 is 0 Å². The first-order valence-electron chi connectivity index (χ1n) is 13.7. The second-order valence-electron chi connectivity index (χ2n) is 10.9. The molecule has 1 aliphatic heterocycles. The maximum Gasteiger partial charge on any atom is 0.407 e. The van der Waals surface area contributed by atoms with Crippen molar-refractivity contribution in [1.29, 1.82) is 0 Å². The zero-order valence-corrected chi connectivity index (χ0v) is 25.7. The van der Waals surface area contributed by atoms with Crippen LogP contribution in [0.1, 0.15) is 39.2 Å². The van der Waals surface area contributed by atoms with Gasteiger partial charge in [-0.3, -0.25) is 9.35 Å². The van der Waals surface area contributed by atoms with Gasteiger partial charge in [0.15, 0.2) is 12.2 Å². The maximum absolute atomic E-state index is 12.6. The molecule has 45 heavy (non-hydrogen) atoms. The van der Waals surface area contributed by atoms with Crippen LogP contribution in [0.5, 0.6) is 5.75 Å². The molecule has 1 unspecified atom stereocenters. The Hall–Kier alpha value is -3.81. The molecule has 2 heterocycles. The molecule has 1 saturated heterocycles. The third-order valence-electron chi connectivity index (χ3n) is 6.21. The summed E-state index contributed by atoms with van der Waals surface area (Å²) in [7, 11) is -4.21. The van der Waals surface area contributed by atoms with Crippen LogP contribution in [0.3, 0.4) is 0 Å². The first kappa shape index (κ1) is 35.7. The monoisotopic (exact) mass is 660 g/mol. The van der Waals surface area contributed by atoms with E-state index in [2.05, 4.69) is 19.6 Å². The molecule has 17 nitrogen and oxygen atoms in total. The summed E-state index contributed by atoms with van der Waals surface area (Å²) in [4.78, 5) is 48.6. The van der Waals surface area contributed by atoms with E-state index in [-0.39, 0.29) is 23.7 Å². The number of methoxy groups -OCH3 is 1. The number of aliphatic hydroxyl groups excluding tert-OH is 2. The van der Waals surface area contributed by atoms with Gasteiger partial charge in [0, 0.05) is 30.6 Å². The number of alkyl carbamates (subject to hydrolysis) is 1. The molecule has 0 aliphatic carbocycles. The van der Waals surface area contributed by atoms with E-state index in [1.165, 1.54) is 18.2 Å². The van der Waals surface area contributed by atoms with Crippen molar-refractivity contribution in [3.05, 3.63) is 40.2 Å². The smallest absolute Gasteiger partial charge is 0.407 e. The molecule has 250 valence electrons. The summed E-state index contributed by atoms with van der Waals surface area (Å²) < 4.78 is 62.1. The zero-order chi connectivity index (χ0) is 33.5. The van der Waals surface area contributed by atoms with Gasteiger partial charge in [0.2, 0.25) is 12.2 Å². The van der Waals surface area contributed by atoms with Gasteiger partial charge in [-0.05, 0) is 51.3 Å². The lowest BCUT2D eigenvalue weighted by atomic mass is 9.99. The Morgan fingerprint density at radius 3 is 2.31 bits per heavy atom. The van der Waals surface area contributed by atoms with Gasteiger partial charge in [-0.15, -0.1) is 0 Å². The molecule has 18 heteroatoms. The van der Waals surface area contributed by atoms with E-state index in [0.717, 1.165) is 13.2 Å². The van der Waals surface area contributed by atoms with Crippen LogP contribution in [-0.2, 0) is 44.8 Å². The van der Waals surface area contributed by atoms with Crippen molar-refractivity contribution in [2.45, 2.75) is 76.3 Å². The number of unbranched alkanes of at least 4 members (excludes halogenated alkanes) is 1. The molecule has 5 atom stereocenters. The standard InChI is InChI=1S/C27H36N2O15S/c1-27(2,3)43-26(35)29-10-6-5-9-28-18(30)11-14-12-19(31)41-17-13-15(7-8-16(14)17)40-25-23(44-45(36,37)38)21(33)20(32)22(42-25)24(34)39-4/h7-8,12-13,20-23,25,32-33H,5-6,9-11H2,1-4H3,(H,28,30)(H,29,35)(H,36,37,38)/t20-,21-,22-,23+,25?/m0/s1. The molecule has 2 amide bonds. The number of hydrogen-bond donors (Lipinski definition) is 5. The predicted molar refractivity (Wildman–Crippen MR) is 152 cm³/mol. The lowest BCUT2D eigenvalue weighted by Gasteiger charge is -2.40. The number of aliphatic hydroxyl groups is 2. The number of rotatable bonds is 12. The molecule has 1 aromatic carbocycles. The Balaban J connectivity index is 1.67. The fourth-order valence-corrected chi connectivity index (χ4v) is 4.75. The Morgan fingerprint density at radius 2 is 1.69 bits per heavy atom. The molecule has 0 radical (unpaired) electrons. The highest BCUT2D eigenvalue weighted by Crippen LogP contribution is 2.30. The highest BCUT2D eigenvalue weighted by Gasteiger charge is 2.51. The first-order valence-corrected chi connectivity index (χ1v) is 15.1. The van der Waals surface area contributed by atoms with Crippen molar-refractivity contribution in [3.63, 3.8) is 0 Å². The molecule has 1 aromatic heterocycles. The second-order valence-corrected chi connectivity index (χ2v) is 12.0. The molecule has 2 aromatic rings. The van der Waals surface area contributed by atoms with Crippen molar-refractivity contribution in [1.82, 2.24) is 10.6 Å². The van der Waals surface area contributed by atoms with Crippen LogP contribution < -0.4 is 21.0 Å². The molecule has 1 aliphatic rings. The van der Waals surface area contributed by atoms with E-state index in [1.54, 1.807) is 20.8 Å².